The number of amides is 2. The molecule has 7 heteroatoms. The maximum atomic E-state index is 12.7. The number of hydrogen-bond acceptors (Lipinski definition) is 5. The number of carbonyl (C=O) groups is 2. The van der Waals surface area contributed by atoms with Gasteiger partial charge in [0.15, 0.2) is 0 Å². The Kier molecular flexibility index (Phi) is 8.93. The lowest BCUT2D eigenvalue weighted by Gasteiger charge is -2.51. The predicted octanol–water partition coefficient (Wildman–Crippen LogP) is 4.26. The van der Waals surface area contributed by atoms with Crippen LogP contribution < -0.4 is 10.6 Å². The van der Waals surface area contributed by atoms with Crippen molar-refractivity contribution < 1.29 is 19.5 Å². The number of alkyl carbamates (subject to hydrolysis) is 1. The van der Waals surface area contributed by atoms with Crippen molar-refractivity contribution >= 4 is 12.0 Å². The molecule has 1 fully saturated rings. The minimum Gasteiger partial charge on any atom is -0.444 e. The van der Waals surface area contributed by atoms with Gasteiger partial charge in [0.2, 0.25) is 5.91 Å². The number of rotatable bonds is 7. The van der Waals surface area contributed by atoms with Crippen LogP contribution in [-0.4, -0.2) is 51.5 Å². The van der Waals surface area contributed by atoms with Crippen molar-refractivity contribution in [3.63, 3.8) is 0 Å². The lowest BCUT2D eigenvalue weighted by Crippen LogP contribution is -2.60. The Hall–Kier alpha value is -1.60. The van der Waals surface area contributed by atoms with Crippen molar-refractivity contribution in [1.82, 2.24) is 15.7 Å². The number of piperidine rings is 1. The molecule has 0 radical (unpaired) electrons. The van der Waals surface area contributed by atoms with E-state index in [-0.39, 0.29) is 17.9 Å². The first kappa shape index (κ1) is 26.4. The third-order valence-corrected chi connectivity index (χ3v) is 5.20. The minimum atomic E-state index is -0.546. The van der Waals surface area contributed by atoms with Gasteiger partial charge in [0.25, 0.3) is 0 Å². The van der Waals surface area contributed by atoms with Gasteiger partial charge in [-0.2, -0.15) is 5.06 Å². The molecule has 0 unspecified atom stereocenters. The second-order valence-electron chi connectivity index (χ2n) is 11.1. The van der Waals surface area contributed by atoms with Crippen LogP contribution in [0.15, 0.2) is 12.2 Å². The molecule has 0 aromatic carbocycles. The maximum absolute atomic E-state index is 12.7. The van der Waals surface area contributed by atoms with Crippen LogP contribution in [-0.2, 0) is 9.53 Å². The molecule has 0 aromatic rings. The first-order valence-electron chi connectivity index (χ1n) is 11.0. The summed E-state index contributed by atoms with van der Waals surface area (Å²) >= 11 is 0. The molecule has 2 amide bonds. The van der Waals surface area contributed by atoms with Gasteiger partial charge in [-0.3, -0.25) is 4.79 Å². The van der Waals surface area contributed by atoms with Crippen molar-refractivity contribution in [3.8, 4) is 0 Å². The molecular weight excluding hydrogens is 382 g/mol. The van der Waals surface area contributed by atoms with Gasteiger partial charge in [-0.1, -0.05) is 26.0 Å². The standard InChI is InChI=1S/C23H43N3O4/c1-16(2)13-18(25-20(28)30-21(3,4)5)11-10-12-24-19(27)17-14-22(6,7)26(29)23(8,9)15-17/h10-11,16-18,29H,12-15H2,1-9H3,(H,24,27)(H,25,28)/b11-10+/t18-/m1/s1. The molecule has 1 atom stereocenters. The van der Waals surface area contributed by atoms with E-state index in [0.717, 1.165) is 6.42 Å². The summed E-state index contributed by atoms with van der Waals surface area (Å²) < 4.78 is 5.34. The molecule has 1 aliphatic heterocycles. The highest BCUT2D eigenvalue weighted by molar-refractivity contribution is 5.79. The fraction of sp³-hybridized carbons (Fsp3) is 0.826. The topological polar surface area (TPSA) is 90.9 Å². The second-order valence-corrected chi connectivity index (χ2v) is 11.1. The molecule has 7 nitrogen and oxygen atoms in total. The molecule has 1 aliphatic rings. The lowest BCUT2D eigenvalue weighted by molar-refractivity contribution is -0.249. The summed E-state index contributed by atoms with van der Waals surface area (Å²) in [5.41, 5.74) is -1.46. The molecule has 0 bridgehead atoms. The molecule has 0 aliphatic carbocycles. The summed E-state index contributed by atoms with van der Waals surface area (Å²) in [5.74, 6) is 0.241. The molecular formula is C23H43N3O4. The van der Waals surface area contributed by atoms with Crippen molar-refractivity contribution in [2.45, 2.75) is 104 Å². The monoisotopic (exact) mass is 425 g/mol. The smallest absolute Gasteiger partial charge is 0.408 e. The molecule has 1 saturated heterocycles. The number of nitrogens with one attached hydrogen (secondary N) is 2. The van der Waals surface area contributed by atoms with E-state index in [9.17, 15) is 14.8 Å². The zero-order chi connectivity index (χ0) is 23.3. The van der Waals surface area contributed by atoms with E-state index in [1.54, 1.807) is 0 Å². The molecule has 0 saturated carbocycles. The van der Waals surface area contributed by atoms with Crippen molar-refractivity contribution in [3.05, 3.63) is 12.2 Å². The number of nitrogens with zero attached hydrogens (tertiary/aromatic N) is 1. The highest BCUT2D eigenvalue weighted by atomic mass is 16.6. The van der Waals surface area contributed by atoms with Gasteiger partial charge < -0.3 is 20.6 Å². The van der Waals surface area contributed by atoms with Gasteiger partial charge in [0, 0.05) is 23.5 Å². The first-order chi connectivity index (χ1) is 13.5. The summed E-state index contributed by atoms with van der Waals surface area (Å²) in [6.07, 6.45) is 5.31. The van der Waals surface area contributed by atoms with E-state index in [2.05, 4.69) is 24.5 Å². The zero-order valence-electron chi connectivity index (χ0n) is 20.3. The zero-order valence-corrected chi connectivity index (χ0v) is 20.3. The lowest BCUT2D eigenvalue weighted by atomic mass is 9.75. The largest absolute Gasteiger partial charge is 0.444 e. The average Bonchev–Trinajstić information content (AvgIpc) is 2.53. The minimum absolute atomic E-state index is 0.00517. The molecule has 30 heavy (non-hydrogen) atoms. The van der Waals surface area contributed by atoms with Gasteiger partial charge in [0.05, 0.1) is 6.04 Å². The van der Waals surface area contributed by atoms with Crippen molar-refractivity contribution in [2.24, 2.45) is 11.8 Å². The fourth-order valence-corrected chi connectivity index (χ4v) is 4.14. The van der Waals surface area contributed by atoms with Crippen LogP contribution in [0.25, 0.3) is 0 Å². The van der Waals surface area contributed by atoms with Crippen LogP contribution >= 0.6 is 0 Å². The SMILES string of the molecule is CC(C)C[C@@H](/C=C/CNC(=O)C1CC(C)(C)N(O)C(C)(C)C1)NC(=O)OC(C)(C)C. The van der Waals surface area contributed by atoms with E-state index in [1.165, 1.54) is 5.06 Å². The van der Waals surface area contributed by atoms with Gasteiger partial charge in [-0.05, 0) is 73.6 Å². The molecule has 174 valence electrons. The van der Waals surface area contributed by atoms with Crippen LogP contribution in [0.3, 0.4) is 0 Å². The predicted molar refractivity (Wildman–Crippen MR) is 119 cm³/mol. The highest BCUT2D eigenvalue weighted by Gasteiger charge is 2.46. The number of hydroxylamine groups is 2. The van der Waals surface area contributed by atoms with E-state index in [1.807, 2.05) is 60.6 Å². The van der Waals surface area contributed by atoms with E-state index >= 15 is 0 Å². The highest BCUT2D eigenvalue weighted by Crippen LogP contribution is 2.39. The van der Waals surface area contributed by atoms with Crippen LogP contribution in [0.5, 0.6) is 0 Å². The average molecular weight is 426 g/mol. The number of hydrogen-bond donors (Lipinski definition) is 3. The van der Waals surface area contributed by atoms with Gasteiger partial charge in [-0.25, -0.2) is 4.79 Å². The Morgan fingerprint density at radius 1 is 1.17 bits per heavy atom. The Balaban J connectivity index is 2.63. The fourth-order valence-electron chi connectivity index (χ4n) is 4.14. The Bertz CT molecular complexity index is 602. The number of carbonyl (C=O) groups excluding carboxylic acids is 2. The van der Waals surface area contributed by atoms with E-state index in [0.29, 0.717) is 25.3 Å². The van der Waals surface area contributed by atoms with Gasteiger partial charge in [-0.15, -0.1) is 0 Å². The van der Waals surface area contributed by atoms with Crippen LogP contribution in [0, 0.1) is 11.8 Å². The third kappa shape index (κ3) is 8.64. The summed E-state index contributed by atoms with van der Waals surface area (Å²) in [7, 11) is 0. The van der Waals surface area contributed by atoms with Gasteiger partial charge in [0.1, 0.15) is 5.60 Å². The second kappa shape index (κ2) is 10.1. The quantitative estimate of drug-likeness (QED) is 0.530. The molecule has 1 heterocycles. The van der Waals surface area contributed by atoms with Crippen LogP contribution in [0.4, 0.5) is 4.79 Å². The van der Waals surface area contributed by atoms with E-state index in [4.69, 9.17) is 4.74 Å². The summed E-state index contributed by atoms with van der Waals surface area (Å²) in [6, 6.07) is -0.160. The third-order valence-electron chi connectivity index (χ3n) is 5.20. The summed E-state index contributed by atoms with van der Waals surface area (Å²) in [5, 5.41) is 17.6. The molecule has 0 spiro atoms. The van der Waals surface area contributed by atoms with E-state index < -0.39 is 22.8 Å². The molecule has 0 aromatic heterocycles. The normalized spacial score (nSPS) is 20.9. The number of ether oxygens (including phenoxy) is 1. The Morgan fingerprint density at radius 2 is 1.70 bits per heavy atom. The molecule has 1 rings (SSSR count). The maximum Gasteiger partial charge on any atom is 0.408 e. The summed E-state index contributed by atoms with van der Waals surface area (Å²) in [6.45, 7) is 17.9. The molecule has 3 N–H and O–H groups in total. The van der Waals surface area contributed by atoms with Crippen LogP contribution in [0.1, 0.15) is 81.6 Å². The Morgan fingerprint density at radius 3 is 2.17 bits per heavy atom. The van der Waals surface area contributed by atoms with Crippen LogP contribution in [0.2, 0.25) is 0 Å². The first-order valence-corrected chi connectivity index (χ1v) is 11.0. The summed E-state index contributed by atoms with van der Waals surface area (Å²) in [4.78, 5) is 24.8. The Labute approximate surface area is 182 Å². The van der Waals surface area contributed by atoms with Crippen molar-refractivity contribution in [2.75, 3.05) is 6.54 Å². The van der Waals surface area contributed by atoms with Gasteiger partial charge >= 0.3 is 6.09 Å². The van der Waals surface area contributed by atoms with Crippen molar-refractivity contribution in [1.29, 1.82) is 0 Å².